The second kappa shape index (κ2) is 5.80. The lowest BCUT2D eigenvalue weighted by Crippen LogP contribution is -2.16. The van der Waals surface area contributed by atoms with Gasteiger partial charge in [0.1, 0.15) is 18.1 Å². The number of ether oxygens (including phenoxy) is 1. The first kappa shape index (κ1) is 12.8. The van der Waals surface area contributed by atoms with Crippen molar-refractivity contribution in [2.75, 3.05) is 0 Å². The van der Waals surface area contributed by atoms with E-state index in [2.05, 4.69) is 21.2 Å². The summed E-state index contributed by atoms with van der Waals surface area (Å²) in [5.41, 5.74) is 1.18. The average molecular weight is 322 g/mol. The van der Waals surface area contributed by atoms with Crippen LogP contribution in [-0.4, -0.2) is 6.04 Å². The lowest BCUT2D eigenvalue weighted by Gasteiger charge is -2.08. The summed E-state index contributed by atoms with van der Waals surface area (Å²) in [6, 6.07) is 10.5. The second-order valence-electron chi connectivity index (χ2n) is 4.74. The Morgan fingerprint density at radius 1 is 1.26 bits per heavy atom. The summed E-state index contributed by atoms with van der Waals surface area (Å²) in [4.78, 5) is 0. The van der Waals surface area contributed by atoms with Crippen molar-refractivity contribution in [3.63, 3.8) is 0 Å². The molecule has 1 saturated carbocycles. The molecule has 1 aromatic carbocycles. The Morgan fingerprint density at radius 3 is 2.89 bits per heavy atom. The summed E-state index contributed by atoms with van der Waals surface area (Å²) in [5.74, 6) is 1.73. The van der Waals surface area contributed by atoms with E-state index in [-0.39, 0.29) is 0 Å². The quantitative estimate of drug-likeness (QED) is 0.877. The van der Waals surface area contributed by atoms with Crippen LogP contribution >= 0.6 is 15.9 Å². The van der Waals surface area contributed by atoms with E-state index in [1.54, 1.807) is 6.26 Å². The van der Waals surface area contributed by atoms with Gasteiger partial charge in [-0.2, -0.15) is 0 Å². The van der Waals surface area contributed by atoms with E-state index in [0.29, 0.717) is 12.6 Å². The molecule has 1 heterocycles. The van der Waals surface area contributed by atoms with Crippen LogP contribution in [0.2, 0.25) is 0 Å². The standard InChI is InChI=1S/C15H16BrNO2/c16-13-3-1-2-4-14(13)19-10-15-11(7-8-18-15)9-17-12-5-6-12/h1-4,7-8,12,17H,5-6,9-10H2. The molecule has 2 aromatic rings. The molecule has 4 heteroatoms. The highest BCUT2D eigenvalue weighted by atomic mass is 79.9. The van der Waals surface area contributed by atoms with Crippen LogP contribution in [0.1, 0.15) is 24.2 Å². The minimum absolute atomic E-state index is 0.456. The molecule has 0 unspecified atom stereocenters. The number of rotatable bonds is 6. The molecule has 100 valence electrons. The van der Waals surface area contributed by atoms with Gasteiger partial charge in [-0.25, -0.2) is 0 Å². The third kappa shape index (κ3) is 3.39. The molecule has 0 saturated heterocycles. The lowest BCUT2D eigenvalue weighted by atomic mass is 10.2. The van der Waals surface area contributed by atoms with E-state index in [4.69, 9.17) is 9.15 Å². The van der Waals surface area contributed by atoms with Crippen LogP contribution in [0.4, 0.5) is 0 Å². The van der Waals surface area contributed by atoms with Crippen molar-refractivity contribution in [1.82, 2.24) is 5.32 Å². The minimum atomic E-state index is 0.456. The van der Waals surface area contributed by atoms with Crippen molar-refractivity contribution in [3.05, 3.63) is 52.4 Å². The highest BCUT2D eigenvalue weighted by Crippen LogP contribution is 2.25. The van der Waals surface area contributed by atoms with E-state index in [9.17, 15) is 0 Å². The predicted molar refractivity (Wildman–Crippen MR) is 77.0 cm³/mol. The van der Waals surface area contributed by atoms with Gasteiger partial charge in [0.25, 0.3) is 0 Å². The zero-order valence-corrected chi connectivity index (χ0v) is 12.2. The zero-order chi connectivity index (χ0) is 13.1. The first-order valence-corrected chi connectivity index (χ1v) is 7.28. The van der Waals surface area contributed by atoms with Gasteiger partial charge in [-0.05, 0) is 47.0 Å². The van der Waals surface area contributed by atoms with Crippen molar-refractivity contribution < 1.29 is 9.15 Å². The van der Waals surface area contributed by atoms with Crippen molar-refractivity contribution >= 4 is 15.9 Å². The van der Waals surface area contributed by atoms with Gasteiger partial charge in [-0.3, -0.25) is 0 Å². The van der Waals surface area contributed by atoms with Crippen LogP contribution in [-0.2, 0) is 13.2 Å². The van der Waals surface area contributed by atoms with Crippen molar-refractivity contribution in [3.8, 4) is 5.75 Å². The Kier molecular flexibility index (Phi) is 3.89. The SMILES string of the molecule is Brc1ccccc1OCc1occc1CNC1CC1. The van der Waals surface area contributed by atoms with Crippen molar-refractivity contribution in [1.29, 1.82) is 0 Å². The second-order valence-corrected chi connectivity index (χ2v) is 5.60. The number of hydrogen-bond acceptors (Lipinski definition) is 3. The predicted octanol–water partition coefficient (Wildman–Crippen LogP) is 3.87. The molecule has 0 amide bonds. The van der Waals surface area contributed by atoms with E-state index in [1.807, 2.05) is 30.3 Å². The lowest BCUT2D eigenvalue weighted by molar-refractivity contribution is 0.266. The molecule has 0 radical (unpaired) electrons. The van der Waals surface area contributed by atoms with E-state index in [1.165, 1.54) is 18.4 Å². The van der Waals surface area contributed by atoms with Crippen molar-refractivity contribution in [2.45, 2.75) is 32.0 Å². The van der Waals surface area contributed by atoms with Gasteiger partial charge in [0.05, 0.1) is 10.7 Å². The molecule has 1 N–H and O–H groups in total. The Balaban J connectivity index is 1.60. The van der Waals surface area contributed by atoms with E-state index < -0.39 is 0 Å². The summed E-state index contributed by atoms with van der Waals surface area (Å²) in [6.07, 6.45) is 4.31. The highest BCUT2D eigenvalue weighted by Gasteiger charge is 2.21. The number of halogens is 1. The fourth-order valence-corrected chi connectivity index (χ4v) is 2.30. The molecule has 1 aliphatic carbocycles. The van der Waals surface area contributed by atoms with Crippen LogP contribution in [0.3, 0.4) is 0 Å². The summed E-state index contributed by atoms with van der Waals surface area (Å²) < 4.78 is 12.2. The smallest absolute Gasteiger partial charge is 0.146 e. The highest BCUT2D eigenvalue weighted by molar-refractivity contribution is 9.10. The van der Waals surface area contributed by atoms with E-state index in [0.717, 1.165) is 22.5 Å². The minimum Gasteiger partial charge on any atom is -0.484 e. The molecule has 1 aromatic heterocycles. The van der Waals surface area contributed by atoms with Gasteiger partial charge in [0.15, 0.2) is 0 Å². The fraction of sp³-hybridized carbons (Fsp3) is 0.333. The van der Waals surface area contributed by atoms with Crippen LogP contribution in [0.25, 0.3) is 0 Å². The number of para-hydroxylation sites is 1. The largest absolute Gasteiger partial charge is 0.484 e. The Bertz CT molecular complexity index is 549. The van der Waals surface area contributed by atoms with Crippen LogP contribution < -0.4 is 10.1 Å². The monoisotopic (exact) mass is 321 g/mol. The van der Waals surface area contributed by atoms with Crippen LogP contribution in [0.15, 0.2) is 45.5 Å². The molecule has 3 nitrogen and oxygen atoms in total. The van der Waals surface area contributed by atoms with Gasteiger partial charge in [0.2, 0.25) is 0 Å². The number of benzene rings is 1. The summed E-state index contributed by atoms with van der Waals surface area (Å²) in [7, 11) is 0. The third-order valence-electron chi connectivity index (χ3n) is 3.19. The maximum absolute atomic E-state index is 5.78. The molecule has 0 aliphatic heterocycles. The maximum Gasteiger partial charge on any atom is 0.146 e. The van der Waals surface area contributed by atoms with E-state index >= 15 is 0 Å². The van der Waals surface area contributed by atoms with Gasteiger partial charge >= 0.3 is 0 Å². The van der Waals surface area contributed by atoms with Crippen molar-refractivity contribution in [2.24, 2.45) is 0 Å². The normalized spacial score (nSPS) is 14.6. The number of nitrogens with one attached hydrogen (secondary N) is 1. The molecule has 0 bridgehead atoms. The first-order chi connectivity index (χ1) is 9.33. The summed E-state index contributed by atoms with van der Waals surface area (Å²) in [5, 5.41) is 3.48. The summed E-state index contributed by atoms with van der Waals surface area (Å²) >= 11 is 3.47. The topological polar surface area (TPSA) is 34.4 Å². The Hall–Kier alpha value is -1.26. The Labute approximate surface area is 121 Å². The van der Waals surface area contributed by atoms with Gasteiger partial charge in [-0.15, -0.1) is 0 Å². The molecule has 0 atom stereocenters. The van der Waals surface area contributed by atoms with Gasteiger partial charge < -0.3 is 14.5 Å². The molecule has 1 aliphatic rings. The molecular formula is C15H16BrNO2. The molecule has 19 heavy (non-hydrogen) atoms. The summed E-state index contributed by atoms with van der Waals surface area (Å²) in [6.45, 7) is 1.31. The molecule has 0 spiro atoms. The van der Waals surface area contributed by atoms with Gasteiger partial charge in [0, 0.05) is 18.2 Å². The Morgan fingerprint density at radius 2 is 2.11 bits per heavy atom. The van der Waals surface area contributed by atoms with Crippen LogP contribution in [0, 0.1) is 0 Å². The maximum atomic E-state index is 5.78. The molecule has 3 rings (SSSR count). The number of hydrogen-bond donors (Lipinski definition) is 1. The fourth-order valence-electron chi connectivity index (χ4n) is 1.90. The average Bonchev–Trinajstić information content (AvgIpc) is 3.14. The molecule has 1 fully saturated rings. The third-order valence-corrected chi connectivity index (χ3v) is 3.85. The van der Waals surface area contributed by atoms with Crippen LogP contribution in [0.5, 0.6) is 5.75 Å². The number of furan rings is 1. The molecular weight excluding hydrogens is 306 g/mol. The first-order valence-electron chi connectivity index (χ1n) is 6.49. The zero-order valence-electron chi connectivity index (χ0n) is 10.6. The van der Waals surface area contributed by atoms with Gasteiger partial charge in [-0.1, -0.05) is 12.1 Å².